The van der Waals surface area contributed by atoms with Crippen molar-refractivity contribution in [3.05, 3.63) is 209 Å². The van der Waals surface area contributed by atoms with Crippen LogP contribution < -0.4 is 9.64 Å². The summed E-state index contributed by atoms with van der Waals surface area (Å²) in [6.45, 7) is 20.6. The molecule has 0 unspecified atom stereocenters. The van der Waals surface area contributed by atoms with E-state index in [1.165, 1.54) is 27.8 Å². The molecule has 4 nitrogen and oxygen atoms in total. The second-order valence-electron chi connectivity index (χ2n) is 19.6. The predicted octanol–water partition coefficient (Wildman–Crippen LogP) is 15.1. The third kappa shape index (κ3) is 7.29. The maximum absolute atomic E-state index is 6.84. The highest BCUT2D eigenvalue weighted by Gasteiger charge is 2.48. The van der Waals surface area contributed by atoms with Gasteiger partial charge in [0, 0.05) is 29.0 Å². The van der Waals surface area contributed by atoms with E-state index in [4.69, 9.17) is 14.7 Å². The third-order valence-corrected chi connectivity index (χ3v) is 12.3. The Bertz CT molecular complexity index is 2830. The first-order valence-corrected chi connectivity index (χ1v) is 21.5. The molecule has 0 spiro atoms. The Morgan fingerprint density at radius 3 is 1.66 bits per heavy atom. The van der Waals surface area contributed by atoms with Crippen molar-refractivity contribution in [2.45, 2.75) is 84.0 Å². The van der Waals surface area contributed by atoms with E-state index >= 15 is 0 Å². The van der Waals surface area contributed by atoms with Crippen molar-refractivity contribution >= 4 is 27.8 Å². The zero-order chi connectivity index (χ0) is 42.7. The smallest absolute Gasteiger partial charge is 0.128 e. The van der Waals surface area contributed by atoms with Crippen LogP contribution in [-0.2, 0) is 21.7 Å². The van der Waals surface area contributed by atoms with Crippen LogP contribution in [0.4, 0.5) is 17.1 Å². The van der Waals surface area contributed by atoms with Crippen LogP contribution in [0.3, 0.4) is 0 Å². The van der Waals surface area contributed by atoms with Gasteiger partial charge in [0.1, 0.15) is 11.5 Å². The predicted molar refractivity (Wildman–Crippen MR) is 254 cm³/mol. The van der Waals surface area contributed by atoms with Gasteiger partial charge in [-0.3, -0.25) is 9.97 Å². The normalized spacial score (nSPS) is 13.8. The maximum Gasteiger partial charge on any atom is 0.128 e. The van der Waals surface area contributed by atoms with Gasteiger partial charge in [-0.1, -0.05) is 153 Å². The van der Waals surface area contributed by atoms with Gasteiger partial charge in [0.2, 0.25) is 0 Å². The Hall–Kier alpha value is -6.52. The Morgan fingerprint density at radius 2 is 1.05 bits per heavy atom. The zero-order valence-electron chi connectivity index (χ0n) is 36.9. The summed E-state index contributed by atoms with van der Waals surface area (Å²) in [5.41, 5.74) is 12.5. The molecule has 8 aromatic rings. The number of fused-ring (bicyclic) bond motifs is 3. The highest BCUT2D eigenvalue weighted by Crippen LogP contribution is 2.59. The van der Waals surface area contributed by atoms with Crippen molar-refractivity contribution < 1.29 is 4.74 Å². The van der Waals surface area contributed by atoms with Gasteiger partial charge in [0.15, 0.2) is 0 Å². The number of hydrogen-bond donors (Lipinski definition) is 0. The molecule has 0 saturated carbocycles. The Labute approximate surface area is 362 Å². The minimum atomic E-state index is -0.813. The first-order chi connectivity index (χ1) is 29.1. The molecular weight excluding hydrogens is 743 g/mol. The second-order valence-corrected chi connectivity index (χ2v) is 19.6. The number of anilines is 3. The fourth-order valence-corrected chi connectivity index (χ4v) is 8.87. The van der Waals surface area contributed by atoms with Crippen molar-refractivity contribution in [3.63, 3.8) is 0 Å². The summed E-state index contributed by atoms with van der Waals surface area (Å²) in [5.74, 6) is 1.49. The molecule has 0 amide bonds. The molecule has 1 aliphatic heterocycles. The monoisotopic (exact) mass is 797 g/mol. The first kappa shape index (κ1) is 39.9. The molecule has 0 bridgehead atoms. The number of benzene rings is 6. The highest BCUT2D eigenvalue weighted by molar-refractivity contribution is 5.90. The lowest BCUT2D eigenvalue weighted by molar-refractivity contribution is 0.481. The summed E-state index contributed by atoms with van der Waals surface area (Å²) in [5, 5.41) is 2.28. The fourth-order valence-electron chi connectivity index (χ4n) is 8.87. The average molecular weight is 798 g/mol. The van der Waals surface area contributed by atoms with Gasteiger partial charge in [0.25, 0.3) is 0 Å². The molecule has 0 aliphatic carbocycles. The van der Waals surface area contributed by atoms with Crippen LogP contribution in [0.1, 0.15) is 101 Å². The molecule has 9 rings (SSSR count). The van der Waals surface area contributed by atoms with E-state index in [1.54, 1.807) is 0 Å². The Morgan fingerprint density at radius 1 is 0.475 bits per heavy atom. The standard InChI is InChI=1S/C57H55N3O/c1-54(2,3)41-23-27-45(28-24-41)60-51-29-25-42(55(4,5)6)35-48(51)57(53-22-12-13-31-58-53,49-36-43(56(7,8)9)26-30-52(49)60)44-19-15-21-47(34-44)61-46-20-14-18-39(32-46)50-33-38-16-10-11-17-40(38)37-59-50/h10-37H,1-9H3. The quantitative estimate of drug-likeness (QED) is 0.168. The summed E-state index contributed by atoms with van der Waals surface area (Å²) >= 11 is 0. The minimum Gasteiger partial charge on any atom is -0.457 e. The molecule has 61 heavy (non-hydrogen) atoms. The van der Waals surface area contributed by atoms with Crippen LogP contribution in [0.2, 0.25) is 0 Å². The van der Waals surface area contributed by atoms with Gasteiger partial charge in [-0.15, -0.1) is 0 Å². The summed E-state index contributed by atoms with van der Waals surface area (Å²) < 4.78 is 6.84. The van der Waals surface area contributed by atoms with E-state index in [2.05, 4.69) is 201 Å². The van der Waals surface area contributed by atoms with Crippen LogP contribution in [-0.4, -0.2) is 9.97 Å². The first-order valence-electron chi connectivity index (χ1n) is 21.5. The van der Waals surface area contributed by atoms with Gasteiger partial charge < -0.3 is 9.64 Å². The highest BCUT2D eigenvalue weighted by atomic mass is 16.5. The van der Waals surface area contributed by atoms with E-state index < -0.39 is 5.41 Å². The number of ether oxygens (including phenoxy) is 1. The molecule has 304 valence electrons. The molecule has 0 saturated heterocycles. The van der Waals surface area contributed by atoms with Crippen molar-refractivity contribution in [1.82, 2.24) is 9.97 Å². The average Bonchev–Trinajstić information content (AvgIpc) is 3.24. The van der Waals surface area contributed by atoms with E-state index in [0.29, 0.717) is 0 Å². The lowest BCUT2D eigenvalue weighted by Gasteiger charge is -2.47. The van der Waals surface area contributed by atoms with Crippen molar-refractivity contribution in [1.29, 1.82) is 0 Å². The van der Waals surface area contributed by atoms with Gasteiger partial charge >= 0.3 is 0 Å². The van der Waals surface area contributed by atoms with Gasteiger partial charge in [-0.2, -0.15) is 0 Å². The van der Waals surface area contributed by atoms with Crippen molar-refractivity contribution in [2.75, 3.05) is 4.90 Å². The Balaban J connectivity index is 1.28. The van der Waals surface area contributed by atoms with Crippen molar-refractivity contribution in [2.24, 2.45) is 0 Å². The number of hydrogen-bond acceptors (Lipinski definition) is 4. The summed E-state index contributed by atoms with van der Waals surface area (Å²) in [7, 11) is 0. The van der Waals surface area contributed by atoms with Crippen LogP contribution in [0, 0.1) is 0 Å². The lowest BCUT2D eigenvalue weighted by Crippen LogP contribution is -2.39. The maximum atomic E-state index is 6.84. The SMILES string of the molecule is CC(C)(C)c1ccc(N2c3ccc(C(C)(C)C)cc3C(c3cccc(Oc4cccc(-c5cc6ccccc6cn5)c4)c3)(c3ccccn3)c3cc(C(C)(C)C)ccc32)cc1. The van der Waals surface area contributed by atoms with Crippen LogP contribution in [0.25, 0.3) is 22.0 Å². The number of rotatable bonds is 6. The van der Waals surface area contributed by atoms with E-state index in [9.17, 15) is 0 Å². The molecule has 6 aromatic carbocycles. The summed E-state index contributed by atoms with van der Waals surface area (Å²) in [4.78, 5) is 12.6. The van der Waals surface area contributed by atoms with E-state index in [-0.39, 0.29) is 16.2 Å². The molecule has 4 heteroatoms. The zero-order valence-corrected chi connectivity index (χ0v) is 36.9. The largest absolute Gasteiger partial charge is 0.457 e. The molecule has 2 aromatic heterocycles. The summed E-state index contributed by atoms with van der Waals surface area (Å²) in [6, 6.07) is 57.0. The van der Waals surface area contributed by atoms with Crippen LogP contribution in [0.15, 0.2) is 170 Å². The molecule has 0 fully saturated rings. The molecule has 0 radical (unpaired) electrons. The van der Waals surface area contributed by atoms with Crippen LogP contribution >= 0.6 is 0 Å². The summed E-state index contributed by atoms with van der Waals surface area (Å²) in [6.07, 6.45) is 3.87. The lowest BCUT2D eigenvalue weighted by atomic mass is 9.62. The number of nitrogens with zero attached hydrogens (tertiary/aromatic N) is 3. The molecule has 0 atom stereocenters. The molecule has 3 heterocycles. The molecule has 1 aliphatic rings. The fraction of sp³-hybridized carbons (Fsp3) is 0.228. The van der Waals surface area contributed by atoms with Gasteiger partial charge in [0.05, 0.1) is 28.2 Å². The van der Waals surface area contributed by atoms with Gasteiger partial charge in [-0.25, -0.2) is 0 Å². The number of aromatic nitrogens is 2. The van der Waals surface area contributed by atoms with Gasteiger partial charge in [-0.05, 0) is 122 Å². The minimum absolute atomic E-state index is 0.0370. The molecular formula is C57H55N3O. The topological polar surface area (TPSA) is 38.2 Å². The van der Waals surface area contributed by atoms with E-state index in [0.717, 1.165) is 61.8 Å². The third-order valence-electron chi connectivity index (χ3n) is 12.3. The van der Waals surface area contributed by atoms with E-state index in [1.807, 2.05) is 36.7 Å². The van der Waals surface area contributed by atoms with Crippen molar-refractivity contribution in [3.8, 4) is 22.8 Å². The molecule has 0 N–H and O–H groups in total. The Kier molecular flexibility index (Phi) is 9.74. The number of pyridine rings is 2. The second kappa shape index (κ2) is 14.9. The van der Waals surface area contributed by atoms with Crippen LogP contribution in [0.5, 0.6) is 11.5 Å².